The van der Waals surface area contributed by atoms with Crippen molar-refractivity contribution in [1.82, 2.24) is 5.32 Å². The molecule has 0 aliphatic heterocycles. The van der Waals surface area contributed by atoms with Gasteiger partial charge in [0, 0.05) is 12.8 Å². The molecule has 0 fully saturated rings. The molecule has 2 atom stereocenters. The van der Waals surface area contributed by atoms with E-state index in [1.807, 2.05) is 6.08 Å². The van der Waals surface area contributed by atoms with Crippen LogP contribution in [-0.4, -0.2) is 41.6 Å². The van der Waals surface area contributed by atoms with Crippen molar-refractivity contribution >= 4 is 17.8 Å². The number of carboxylic acids is 1. The van der Waals surface area contributed by atoms with Gasteiger partial charge >= 0.3 is 11.9 Å². The lowest BCUT2D eigenvalue weighted by Crippen LogP contribution is -2.40. The van der Waals surface area contributed by atoms with E-state index in [-0.39, 0.29) is 18.0 Å². The normalized spacial score (nSPS) is 13.6. The van der Waals surface area contributed by atoms with E-state index < -0.39 is 12.0 Å². The molecule has 0 aromatic rings. The third kappa shape index (κ3) is 35.0. The fraction of sp³-hybridized carbons (Fsp3) is 0.622. The maximum atomic E-state index is 12.6. The maximum Gasteiger partial charge on any atom is 0.326 e. The molecule has 0 bridgehead atoms. The van der Waals surface area contributed by atoms with Crippen molar-refractivity contribution in [1.29, 1.82) is 0 Å². The monoisotopic (exact) mass is 723 g/mol. The van der Waals surface area contributed by atoms with Crippen LogP contribution >= 0.6 is 0 Å². The molecular weight excluding hydrogens is 649 g/mol. The molecule has 0 saturated heterocycles. The average Bonchev–Trinajstić information content (AvgIpc) is 3.13. The Hall–Kier alpha value is -3.45. The molecule has 0 rings (SSSR count). The van der Waals surface area contributed by atoms with Gasteiger partial charge in [-0.1, -0.05) is 131 Å². The molecule has 0 aliphatic carbocycles. The van der Waals surface area contributed by atoms with E-state index >= 15 is 0 Å². The van der Waals surface area contributed by atoms with Gasteiger partial charge < -0.3 is 20.9 Å². The number of hydrogen-bond acceptors (Lipinski definition) is 5. The molecule has 0 saturated carbocycles. The number of esters is 1. The van der Waals surface area contributed by atoms with Gasteiger partial charge in [-0.05, 0) is 109 Å². The summed E-state index contributed by atoms with van der Waals surface area (Å²) in [5, 5.41) is 11.9. The number of ether oxygens (including phenoxy) is 1. The van der Waals surface area contributed by atoms with E-state index in [9.17, 15) is 19.5 Å². The Labute approximate surface area is 317 Å². The van der Waals surface area contributed by atoms with E-state index in [2.05, 4.69) is 98.2 Å². The van der Waals surface area contributed by atoms with Gasteiger partial charge in [0.1, 0.15) is 12.1 Å². The second-order valence-corrected chi connectivity index (χ2v) is 13.3. The third-order valence-corrected chi connectivity index (χ3v) is 8.43. The van der Waals surface area contributed by atoms with Crippen LogP contribution < -0.4 is 11.1 Å². The second-order valence-electron chi connectivity index (χ2n) is 13.3. The predicted molar refractivity (Wildman–Crippen MR) is 220 cm³/mol. The minimum Gasteiger partial charge on any atom is -0.480 e. The summed E-state index contributed by atoms with van der Waals surface area (Å²) in [7, 11) is 0. The van der Waals surface area contributed by atoms with E-state index in [0.29, 0.717) is 38.6 Å². The molecule has 0 spiro atoms. The summed E-state index contributed by atoms with van der Waals surface area (Å²) in [6.07, 6.45) is 51.0. The van der Waals surface area contributed by atoms with Crippen LogP contribution in [0.3, 0.4) is 0 Å². The minimum absolute atomic E-state index is 0.124. The first kappa shape index (κ1) is 48.5. The average molecular weight is 723 g/mol. The van der Waals surface area contributed by atoms with Gasteiger partial charge in [0.25, 0.3) is 0 Å². The number of nitrogens with two attached hydrogens (primary N) is 1. The maximum absolute atomic E-state index is 12.6. The summed E-state index contributed by atoms with van der Waals surface area (Å²) in [5.41, 5.74) is 5.46. The number of allylic oxidation sites excluding steroid dienone is 13. The van der Waals surface area contributed by atoms with E-state index in [1.165, 1.54) is 0 Å². The Morgan fingerprint density at radius 1 is 0.596 bits per heavy atom. The zero-order chi connectivity index (χ0) is 38.2. The number of aliphatic carboxylic acids is 1. The van der Waals surface area contributed by atoms with Crippen molar-refractivity contribution in [2.24, 2.45) is 5.73 Å². The quantitative estimate of drug-likeness (QED) is 0.0340. The van der Waals surface area contributed by atoms with E-state index in [4.69, 9.17) is 10.5 Å². The topological polar surface area (TPSA) is 119 Å². The van der Waals surface area contributed by atoms with Crippen molar-refractivity contribution in [3.8, 4) is 0 Å². The summed E-state index contributed by atoms with van der Waals surface area (Å²) in [6, 6.07) is -0.876. The van der Waals surface area contributed by atoms with Crippen LogP contribution in [0.15, 0.2) is 85.1 Å². The van der Waals surface area contributed by atoms with Gasteiger partial charge in [0.15, 0.2) is 0 Å². The van der Waals surface area contributed by atoms with Crippen LogP contribution in [0.25, 0.3) is 0 Å². The molecule has 0 aliphatic rings. The highest BCUT2D eigenvalue weighted by Gasteiger charge is 2.19. The first-order chi connectivity index (χ1) is 25.4. The van der Waals surface area contributed by atoms with Crippen LogP contribution in [0, 0.1) is 0 Å². The highest BCUT2D eigenvalue weighted by molar-refractivity contribution is 5.83. The number of rotatable bonds is 35. The first-order valence-electron chi connectivity index (χ1n) is 20.4. The van der Waals surface area contributed by atoms with Gasteiger partial charge in [-0.2, -0.15) is 0 Å². The SMILES string of the molecule is CC/C=C\C/C=C\C/C=C\C/C=C\C/C=C\C/C=C\CCCCCCC(=O)OC(/C=C\CCCC)CCCCCCC(=O)NC(CCCN)C(=O)O. The summed E-state index contributed by atoms with van der Waals surface area (Å²) >= 11 is 0. The van der Waals surface area contributed by atoms with Gasteiger partial charge in [0.2, 0.25) is 5.91 Å². The highest BCUT2D eigenvalue weighted by Crippen LogP contribution is 2.14. The van der Waals surface area contributed by atoms with Crippen LogP contribution in [0.5, 0.6) is 0 Å². The van der Waals surface area contributed by atoms with Crippen molar-refractivity contribution < 1.29 is 24.2 Å². The molecule has 294 valence electrons. The number of carboxylic acid groups (broad SMARTS) is 1. The molecule has 0 heterocycles. The van der Waals surface area contributed by atoms with Gasteiger partial charge in [0.05, 0.1) is 0 Å². The summed E-state index contributed by atoms with van der Waals surface area (Å²) < 4.78 is 5.84. The molecule has 7 heteroatoms. The smallest absolute Gasteiger partial charge is 0.326 e. The van der Waals surface area contributed by atoms with Gasteiger partial charge in [-0.15, -0.1) is 0 Å². The van der Waals surface area contributed by atoms with Crippen LogP contribution in [-0.2, 0) is 19.1 Å². The van der Waals surface area contributed by atoms with Crippen LogP contribution in [0.4, 0.5) is 0 Å². The Bertz CT molecular complexity index is 1090. The molecule has 0 aromatic carbocycles. The molecule has 0 radical (unpaired) electrons. The molecule has 0 aromatic heterocycles. The molecule has 7 nitrogen and oxygen atoms in total. The molecule has 2 unspecified atom stereocenters. The van der Waals surface area contributed by atoms with Gasteiger partial charge in [-0.3, -0.25) is 9.59 Å². The third-order valence-electron chi connectivity index (χ3n) is 8.43. The number of nitrogens with one attached hydrogen (secondary N) is 1. The standard InChI is InChI=1S/C45H74N2O5/c1-3-5-7-9-10-11-12-13-14-15-16-17-18-19-20-21-22-23-24-25-26-27-33-39-44(49)52-41(35-30-8-6-4-2)36-31-28-29-32-38-43(48)47-42(45(50)51)37-34-40-46/h5,7,10-11,13-14,16-17,19-20,22-23,30,35,41-42H,3-4,6,8-9,12,15,18,21,24-29,31-34,36-40,46H2,1-2H3,(H,47,48)(H,50,51)/b7-5-,11-10-,14-13-,17-16-,20-19-,23-22-,35-30-. The van der Waals surface area contributed by atoms with Crippen LogP contribution in [0.2, 0.25) is 0 Å². The highest BCUT2D eigenvalue weighted by atomic mass is 16.5. The Morgan fingerprint density at radius 2 is 1.12 bits per heavy atom. The lowest BCUT2D eigenvalue weighted by molar-refractivity contribution is -0.147. The van der Waals surface area contributed by atoms with Crippen molar-refractivity contribution in [3.05, 3.63) is 85.1 Å². The Kier molecular flexibility index (Phi) is 36.2. The molecule has 1 amide bonds. The van der Waals surface area contributed by atoms with E-state index in [1.54, 1.807) is 0 Å². The minimum atomic E-state index is -1.02. The second kappa shape index (κ2) is 38.8. The fourth-order valence-electron chi connectivity index (χ4n) is 5.35. The first-order valence-corrected chi connectivity index (χ1v) is 20.4. The van der Waals surface area contributed by atoms with Crippen molar-refractivity contribution in [2.75, 3.05) is 6.54 Å². The molecule has 52 heavy (non-hydrogen) atoms. The van der Waals surface area contributed by atoms with Crippen molar-refractivity contribution in [3.63, 3.8) is 0 Å². The number of carbonyl (C=O) groups is 3. The number of carbonyl (C=O) groups excluding carboxylic acids is 2. The molecular formula is C45H74N2O5. The fourth-order valence-corrected chi connectivity index (χ4v) is 5.35. The zero-order valence-corrected chi connectivity index (χ0v) is 32.9. The lowest BCUT2D eigenvalue weighted by Gasteiger charge is -2.15. The number of unbranched alkanes of at least 4 members (excludes halogenated alkanes) is 9. The van der Waals surface area contributed by atoms with E-state index in [0.717, 1.165) is 116 Å². The Morgan fingerprint density at radius 3 is 1.67 bits per heavy atom. The van der Waals surface area contributed by atoms with Gasteiger partial charge in [-0.25, -0.2) is 4.79 Å². The van der Waals surface area contributed by atoms with Crippen molar-refractivity contribution in [2.45, 2.75) is 174 Å². The van der Waals surface area contributed by atoms with Crippen LogP contribution in [0.1, 0.15) is 162 Å². The Balaban J connectivity index is 4.08. The molecule has 4 N–H and O–H groups in total. The summed E-state index contributed by atoms with van der Waals surface area (Å²) in [4.78, 5) is 36.1. The number of hydrogen-bond donors (Lipinski definition) is 3. The summed E-state index contributed by atoms with van der Waals surface area (Å²) in [5.74, 6) is -1.38. The largest absolute Gasteiger partial charge is 0.480 e. The predicted octanol–water partition coefficient (Wildman–Crippen LogP) is 11.3. The zero-order valence-electron chi connectivity index (χ0n) is 32.9. The lowest BCUT2D eigenvalue weighted by atomic mass is 10.1. The summed E-state index contributed by atoms with van der Waals surface area (Å²) in [6.45, 7) is 4.72. The number of amides is 1.